The predicted molar refractivity (Wildman–Crippen MR) is 100 cm³/mol. The SMILES string of the molecule is CN(C)CCN(Cc1ccccc1F)S(=O)(=O)c1ccc(S(N)(=O)=O)cc1. The minimum Gasteiger partial charge on any atom is -0.308 e. The Balaban J connectivity index is 2.38. The number of primary sulfonamides is 1. The first-order chi connectivity index (χ1) is 12.5. The van der Waals surface area contributed by atoms with Crippen LogP contribution in [-0.2, 0) is 26.6 Å². The van der Waals surface area contributed by atoms with Crippen LogP contribution in [0.25, 0.3) is 0 Å². The number of nitrogens with zero attached hydrogens (tertiary/aromatic N) is 2. The summed E-state index contributed by atoms with van der Waals surface area (Å²) in [6, 6.07) is 10.6. The largest absolute Gasteiger partial charge is 0.308 e. The smallest absolute Gasteiger partial charge is 0.243 e. The third-order valence-corrected chi connectivity index (χ3v) is 6.68. The van der Waals surface area contributed by atoms with E-state index in [2.05, 4.69) is 0 Å². The molecule has 0 heterocycles. The fourth-order valence-electron chi connectivity index (χ4n) is 2.36. The van der Waals surface area contributed by atoms with Gasteiger partial charge in [0.25, 0.3) is 0 Å². The second-order valence-corrected chi connectivity index (χ2v) is 9.75. The third kappa shape index (κ3) is 5.56. The van der Waals surface area contributed by atoms with E-state index in [1.165, 1.54) is 30.3 Å². The molecule has 148 valence electrons. The fraction of sp³-hybridized carbons (Fsp3) is 0.294. The van der Waals surface area contributed by atoms with E-state index >= 15 is 0 Å². The molecule has 7 nitrogen and oxygen atoms in total. The van der Waals surface area contributed by atoms with E-state index in [1.54, 1.807) is 20.2 Å². The molecule has 10 heteroatoms. The molecule has 2 N–H and O–H groups in total. The Labute approximate surface area is 159 Å². The Morgan fingerprint density at radius 3 is 1.96 bits per heavy atom. The van der Waals surface area contributed by atoms with E-state index in [9.17, 15) is 21.2 Å². The van der Waals surface area contributed by atoms with Gasteiger partial charge in [-0.15, -0.1) is 0 Å². The molecule has 27 heavy (non-hydrogen) atoms. The van der Waals surface area contributed by atoms with Gasteiger partial charge in [0.1, 0.15) is 5.82 Å². The van der Waals surface area contributed by atoms with Crippen molar-refractivity contribution in [2.24, 2.45) is 5.14 Å². The summed E-state index contributed by atoms with van der Waals surface area (Å²) < 4.78 is 63.9. The summed E-state index contributed by atoms with van der Waals surface area (Å²) in [5, 5.41) is 5.04. The molecule has 0 amide bonds. The first kappa shape index (κ1) is 21.5. The highest BCUT2D eigenvalue weighted by atomic mass is 32.2. The standard InChI is InChI=1S/C17H22FN3O4S2/c1-20(2)11-12-21(13-14-5-3-4-6-17(14)18)27(24,25)16-9-7-15(8-10-16)26(19,22)23/h3-10H,11-13H2,1-2H3,(H2,19,22,23). The normalized spacial score (nSPS) is 12.7. The van der Waals surface area contributed by atoms with E-state index in [0.717, 1.165) is 16.4 Å². The number of nitrogens with two attached hydrogens (primary N) is 1. The first-order valence-electron chi connectivity index (χ1n) is 8.03. The lowest BCUT2D eigenvalue weighted by Gasteiger charge is -2.24. The van der Waals surface area contributed by atoms with Crippen molar-refractivity contribution >= 4 is 20.0 Å². The maximum Gasteiger partial charge on any atom is 0.243 e. The highest BCUT2D eigenvalue weighted by Gasteiger charge is 2.26. The molecule has 0 aliphatic heterocycles. The monoisotopic (exact) mass is 415 g/mol. The molecule has 0 aromatic heterocycles. The second-order valence-electron chi connectivity index (χ2n) is 6.25. The van der Waals surface area contributed by atoms with Crippen LogP contribution in [0, 0.1) is 5.82 Å². The molecule has 0 aliphatic carbocycles. The zero-order valence-corrected chi connectivity index (χ0v) is 16.7. The van der Waals surface area contributed by atoms with Crippen molar-refractivity contribution in [3.05, 3.63) is 59.9 Å². The van der Waals surface area contributed by atoms with Crippen LogP contribution >= 0.6 is 0 Å². The van der Waals surface area contributed by atoms with Gasteiger partial charge in [-0.3, -0.25) is 0 Å². The number of sulfonamides is 2. The van der Waals surface area contributed by atoms with Crippen molar-refractivity contribution in [1.29, 1.82) is 0 Å². The molecule has 0 spiro atoms. The molecule has 2 rings (SSSR count). The average molecular weight is 416 g/mol. The van der Waals surface area contributed by atoms with Crippen LogP contribution in [0.5, 0.6) is 0 Å². The summed E-state index contributed by atoms with van der Waals surface area (Å²) in [6.45, 7) is 0.434. The van der Waals surface area contributed by atoms with Crippen molar-refractivity contribution in [1.82, 2.24) is 9.21 Å². The van der Waals surface area contributed by atoms with Crippen LogP contribution in [0.4, 0.5) is 4.39 Å². The van der Waals surface area contributed by atoms with E-state index in [-0.39, 0.29) is 28.4 Å². The van der Waals surface area contributed by atoms with Crippen molar-refractivity contribution in [2.45, 2.75) is 16.3 Å². The molecule has 2 aromatic carbocycles. The van der Waals surface area contributed by atoms with E-state index in [1.807, 2.05) is 4.90 Å². The molecule has 0 aliphatic rings. The number of hydrogen-bond acceptors (Lipinski definition) is 5. The molecule has 0 saturated heterocycles. The minimum atomic E-state index is -3.97. The number of benzene rings is 2. The van der Waals surface area contributed by atoms with Crippen LogP contribution in [0.3, 0.4) is 0 Å². The lowest BCUT2D eigenvalue weighted by Crippen LogP contribution is -2.36. The highest BCUT2D eigenvalue weighted by molar-refractivity contribution is 7.89. The Hall–Kier alpha value is -1.85. The Kier molecular flexibility index (Phi) is 6.71. The summed E-state index contributed by atoms with van der Waals surface area (Å²) >= 11 is 0. The third-order valence-electron chi connectivity index (χ3n) is 3.89. The summed E-state index contributed by atoms with van der Waals surface area (Å²) in [4.78, 5) is 1.54. The van der Waals surface area contributed by atoms with Gasteiger partial charge < -0.3 is 4.90 Å². The van der Waals surface area contributed by atoms with Crippen molar-refractivity contribution in [3.8, 4) is 0 Å². The minimum absolute atomic E-state index is 0.0926. The first-order valence-corrected chi connectivity index (χ1v) is 11.0. The van der Waals surface area contributed by atoms with E-state index in [4.69, 9.17) is 5.14 Å². The zero-order valence-electron chi connectivity index (χ0n) is 15.0. The van der Waals surface area contributed by atoms with Gasteiger partial charge in [0.2, 0.25) is 20.0 Å². The van der Waals surface area contributed by atoms with Crippen molar-refractivity contribution < 1.29 is 21.2 Å². The van der Waals surface area contributed by atoms with Crippen LogP contribution in [0.1, 0.15) is 5.56 Å². The molecule has 0 saturated carbocycles. The van der Waals surface area contributed by atoms with Gasteiger partial charge in [-0.25, -0.2) is 26.4 Å². The average Bonchev–Trinajstić information content (AvgIpc) is 2.59. The zero-order chi connectivity index (χ0) is 20.2. The number of rotatable bonds is 8. The van der Waals surface area contributed by atoms with Gasteiger partial charge in [0.15, 0.2) is 0 Å². The van der Waals surface area contributed by atoms with Gasteiger partial charge in [-0.2, -0.15) is 4.31 Å². The van der Waals surface area contributed by atoms with Gasteiger partial charge in [0.05, 0.1) is 9.79 Å². The van der Waals surface area contributed by atoms with Crippen molar-refractivity contribution in [3.63, 3.8) is 0 Å². The topological polar surface area (TPSA) is 101 Å². The van der Waals surface area contributed by atoms with Crippen LogP contribution in [-0.4, -0.2) is 53.2 Å². The number of likely N-dealkylation sites (N-methyl/N-ethyl adjacent to an activating group) is 1. The molecule has 0 bridgehead atoms. The van der Waals surface area contributed by atoms with Gasteiger partial charge in [0, 0.05) is 25.2 Å². The maximum absolute atomic E-state index is 14.0. The number of hydrogen-bond donors (Lipinski definition) is 1. The molecule has 0 unspecified atom stereocenters. The van der Waals surface area contributed by atoms with Crippen molar-refractivity contribution in [2.75, 3.05) is 27.2 Å². The van der Waals surface area contributed by atoms with E-state index < -0.39 is 25.9 Å². The Bertz CT molecular complexity index is 991. The van der Waals surface area contributed by atoms with E-state index in [0.29, 0.717) is 6.54 Å². The molecule has 0 atom stereocenters. The van der Waals surface area contributed by atoms with Crippen LogP contribution in [0.2, 0.25) is 0 Å². The highest BCUT2D eigenvalue weighted by Crippen LogP contribution is 2.21. The number of halogens is 1. The maximum atomic E-state index is 14.0. The molecular formula is C17H22FN3O4S2. The summed E-state index contributed by atoms with van der Waals surface area (Å²) in [5.74, 6) is -0.493. The lowest BCUT2D eigenvalue weighted by atomic mass is 10.2. The second kappa shape index (κ2) is 8.44. The Morgan fingerprint density at radius 1 is 0.889 bits per heavy atom. The quantitative estimate of drug-likeness (QED) is 0.699. The molecule has 0 radical (unpaired) electrons. The molecular weight excluding hydrogens is 393 g/mol. The lowest BCUT2D eigenvalue weighted by molar-refractivity contribution is 0.326. The Morgan fingerprint density at radius 2 is 1.44 bits per heavy atom. The van der Waals surface area contributed by atoms with Gasteiger partial charge in [-0.1, -0.05) is 18.2 Å². The predicted octanol–water partition coefficient (Wildman–Crippen LogP) is 1.23. The molecule has 2 aromatic rings. The summed E-state index contributed by atoms with van der Waals surface area (Å²) in [5.41, 5.74) is 0.251. The van der Waals surface area contributed by atoms with Crippen LogP contribution < -0.4 is 5.14 Å². The molecule has 0 fully saturated rings. The van der Waals surface area contributed by atoms with Gasteiger partial charge in [-0.05, 0) is 44.4 Å². The van der Waals surface area contributed by atoms with Gasteiger partial charge >= 0.3 is 0 Å². The summed E-state index contributed by atoms with van der Waals surface area (Å²) in [6.07, 6.45) is 0. The van der Waals surface area contributed by atoms with Crippen LogP contribution in [0.15, 0.2) is 58.3 Å². The fourth-order valence-corrected chi connectivity index (χ4v) is 4.29. The summed E-state index contributed by atoms with van der Waals surface area (Å²) in [7, 11) is -4.29.